The van der Waals surface area contributed by atoms with E-state index in [9.17, 15) is 4.79 Å². The van der Waals surface area contributed by atoms with Crippen molar-refractivity contribution in [2.75, 3.05) is 17.7 Å². The molecule has 2 aromatic rings. The van der Waals surface area contributed by atoms with E-state index in [4.69, 9.17) is 17.0 Å². The molecule has 0 unspecified atom stereocenters. The van der Waals surface area contributed by atoms with Gasteiger partial charge in [-0.05, 0) is 86.0 Å². The Morgan fingerprint density at radius 1 is 1.00 bits per heavy atom. The molecule has 0 amide bonds. The number of carbonyl (C=O) groups excluding carboxylic acids is 1. The van der Waals surface area contributed by atoms with Crippen LogP contribution in [0.15, 0.2) is 18.2 Å². The Balaban J connectivity index is 1.55. The smallest absolute Gasteiger partial charge is 0.341 e. The molecule has 4 rings (SSSR count). The van der Waals surface area contributed by atoms with Crippen LogP contribution in [0.2, 0.25) is 0 Å². The third-order valence-electron chi connectivity index (χ3n) is 5.64. The standard InChI is InChI=1S/C22H26N2O2S2/c1-26-21(25)19-17-9-4-2-3-5-10-18(17)28-20(19)24-22(27)23-16-12-11-14-7-6-8-15(14)13-16/h11-13H,2-10H2,1H3,(H2,23,24,27). The van der Waals surface area contributed by atoms with Gasteiger partial charge in [-0.3, -0.25) is 0 Å². The van der Waals surface area contributed by atoms with Gasteiger partial charge in [-0.25, -0.2) is 4.79 Å². The van der Waals surface area contributed by atoms with Crippen LogP contribution in [0.5, 0.6) is 0 Å². The van der Waals surface area contributed by atoms with Gasteiger partial charge in [0.15, 0.2) is 5.11 Å². The summed E-state index contributed by atoms with van der Waals surface area (Å²) in [7, 11) is 1.44. The minimum atomic E-state index is -0.277. The van der Waals surface area contributed by atoms with Gasteiger partial charge in [0.1, 0.15) is 5.00 Å². The van der Waals surface area contributed by atoms with Gasteiger partial charge >= 0.3 is 5.97 Å². The van der Waals surface area contributed by atoms with E-state index in [0.29, 0.717) is 10.7 Å². The van der Waals surface area contributed by atoms with Gasteiger partial charge in [-0.15, -0.1) is 11.3 Å². The molecule has 0 saturated heterocycles. The molecule has 2 aliphatic carbocycles. The van der Waals surface area contributed by atoms with E-state index in [1.165, 1.54) is 55.2 Å². The molecule has 0 fully saturated rings. The number of hydrogen-bond donors (Lipinski definition) is 2. The molecule has 1 aromatic heterocycles. The Morgan fingerprint density at radius 3 is 2.61 bits per heavy atom. The number of anilines is 2. The van der Waals surface area contributed by atoms with Crippen LogP contribution >= 0.6 is 23.6 Å². The highest BCUT2D eigenvalue weighted by molar-refractivity contribution is 7.80. The van der Waals surface area contributed by atoms with E-state index >= 15 is 0 Å². The highest BCUT2D eigenvalue weighted by Crippen LogP contribution is 2.37. The second-order valence-corrected chi connectivity index (χ2v) is 9.04. The zero-order valence-electron chi connectivity index (χ0n) is 16.2. The van der Waals surface area contributed by atoms with Crippen LogP contribution in [0.4, 0.5) is 10.7 Å². The summed E-state index contributed by atoms with van der Waals surface area (Å²) >= 11 is 7.20. The summed E-state index contributed by atoms with van der Waals surface area (Å²) in [6, 6.07) is 6.45. The molecular weight excluding hydrogens is 388 g/mol. The maximum absolute atomic E-state index is 12.5. The van der Waals surface area contributed by atoms with Crippen LogP contribution in [-0.4, -0.2) is 18.2 Å². The van der Waals surface area contributed by atoms with Gasteiger partial charge in [-0.2, -0.15) is 0 Å². The van der Waals surface area contributed by atoms with Crippen molar-refractivity contribution in [2.24, 2.45) is 0 Å². The topological polar surface area (TPSA) is 50.4 Å². The summed E-state index contributed by atoms with van der Waals surface area (Å²) in [4.78, 5) is 13.8. The maximum Gasteiger partial charge on any atom is 0.341 e. The number of thiocarbonyl (C=S) groups is 1. The van der Waals surface area contributed by atoms with E-state index in [0.717, 1.165) is 41.9 Å². The molecule has 0 atom stereocenters. The average molecular weight is 415 g/mol. The lowest BCUT2D eigenvalue weighted by atomic mass is 9.96. The molecule has 1 aromatic carbocycles. The van der Waals surface area contributed by atoms with Crippen LogP contribution in [-0.2, 0) is 30.4 Å². The lowest BCUT2D eigenvalue weighted by molar-refractivity contribution is 0.0601. The van der Waals surface area contributed by atoms with Crippen molar-refractivity contribution in [2.45, 2.75) is 57.8 Å². The predicted octanol–water partition coefficient (Wildman–Crippen LogP) is 5.49. The van der Waals surface area contributed by atoms with Gasteiger partial charge in [0.25, 0.3) is 0 Å². The van der Waals surface area contributed by atoms with E-state index in [2.05, 4.69) is 28.8 Å². The van der Waals surface area contributed by atoms with Crippen molar-refractivity contribution in [1.82, 2.24) is 0 Å². The van der Waals surface area contributed by atoms with Gasteiger partial charge in [0.05, 0.1) is 12.7 Å². The number of benzene rings is 1. The molecule has 1 heterocycles. The van der Waals surface area contributed by atoms with Crippen molar-refractivity contribution >= 4 is 45.3 Å². The largest absolute Gasteiger partial charge is 0.465 e. The van der Waals surface area contributed by atoms with Gasteiger partial charge < -0.3 is 15.4 Å². The van der Waals surface area contributed by atoms with Crippen molar-refractivity contribution in [3.63, 3.8) is 0 Å². The molecule has 2 aliphatic rings. The Hall–Kier alpha value is -1.92. The first-order valence-corrected chi connectivity index (χ1v) is 11.3. The monoisotopic (exact) mass is 414 g/mol. The van der Waals surface area contributed by atoms with Gasteiger partial charge in [0.2, 0.25) is 0 Å². The molecule has 0 radical (unpaired) electrons. The van der Waals surface area contributed by atoms with Crippen molar-refractivity contribution in [3.8, 4) is 0 Å². The number of nitrogens with one attached hydrogen (secondary N) is 2. The predicted molar refractivity (Wildman–Crippen MR) is 120 cm³/mol. The Bertz CT molecular complexity index is 904. The molecule has 0 aliphatic heterocycles. The summed E-state index contributed by atoms with van der Waals surface area (Å²) in [5, 5.41) is 7.88. The number of aryl methyl sites for hydroxylation is 3. The lowest BCUT2D eigenvalue weighted by Crippen LogP contribution is -2.20. The molecule has 0 saturated carbocycles. The third-order valence-corrected chi connectivity index (χ3v) is 7.06. The van der Waals surface area contributed by atoms with Crippen LogP contribution in [0.3, 0.4) is 0 Å². The maximum atomic E-state index is 12.5. The third kappa shape index (κ3) is 4.08. The Kier molecular flexibility index (Phi) is 5.97. The molecule has 148 valence electrons. The van der Waals surface area contributed by atoms with E-state index in [1.54, 1.807) is 11.3 Å². The van der Waals surface area contributed by atoms with E-state index < -0.39 is 0 Å². The van der Waals surface area contributed by atoms with Crippen molar-refractivity contribution in [1.29, 1.82) is 0 Å². The number of esters is 1. The second-order valence-electron chi connectivity index (χ2n) is 7.53. The summed E-state index contributed by atoms with van der Waals surface area (Å²) in [5.41, 5.74) is 5.66. The van der Waals surface area contributed by atoms with E-state index in [-0.39, 0.29) is 5.97 Å². The number of thiophene rings is 1. The molecule has 0 spiro atoms. The number of hydrogen-bond acceptors (Lipinski definition) is 4. The summed E-state index contributed by atoms with van der Waals surface area (Å²) in [5.74, 6) is -0.277. The van der Waals surface area contributed by atoms with Crippen molar-refractivity contribution < 1.29 is 9.53 Å². The van der Waals surface area contributed by atoms with Crippen molar-refractivity contribution in [3.05, 3.63) is 45.3 Å². The van der Waals surface area contributed by atoms with Crippen LogP contribution in [0, 0.1) is 0 Å². The normalized spacial score (nSPS) is 15.8. The molecule has 0 bridgehead atoms. The fourth-order valence-electron chi connectivity index (χ4n) is 4.24. The number of ether oxygens (including phenoxy) is 1. The fourth-order valence-corrected chi connectivity index (χ4v) is 5.81. The first-order valence-electron chi connectivity index (χ1n) is 10.1. The number of rotatable bonds is 3. The minimum Gasteiger partial charge on any atom is -0.465 e. The molecule has 6 heteroatoms. The molecule has 4 nitrogen and oxygen atoms in total. The Labute approximate surface area is 175 Å². The summed E-state index contributed by atoms with van der Waals surface area (Å²) < 4.78 is 5.09. The SMILES string of the molecule is COC(=O)c1c(NC(=S)Nc2ccc3c(c2)CCC3)sc2c1CCCCCC2. The summed E-state index contributed by atoms with van der Waals surface area (Å²) in [6.07, 6.45) is 10.3. The van der Waals surface area contributed by atoms with Crippen LogP contribution in [0.25, 0.3) is 0 Å². The molecule has 28 heavy (non-hydrogen) atoms. The zero-order chi connectivity index (χ0) is 19.5. The summed E-state index contributed by atoms with van der Waals surface area (Å²) in [6.45, 7) is 0. The van der Waals surface area contributed by atoms with Gasteiger partial charge in [-0.1, -0.05) is 18.9 Å². The first kappa shape index (κ1) is 19.4. The minimum absolute atomic E-state index is 0.277. The van der Waals surface area contributed by atoms with Crippen LogP contribution in [0.1, 0.15) is 64.0 Å². The number of carbonyl (C=O) groups is 1. The van der Waals surface area contributed by atoms with Crippen LogP contribution < -0.4 is 10.6 Å². The highest BCUT2D eigenvalue weighted by atomic mass is 32.1. The molecular formula is C22H26N2O2S2. The number of methoxy groups -OCH3 is 1. The quantitative estimate of drug-likeness (QED) is 0.514. The van der Waals surface area contributed by atoms with Gasteiger partial charge in [0, 0.05) is 10.6 Å². The second kappa shape index (κ2) is 8.62. The number of fused-ring (bicyclic) bond motifs is 2. The lowest BCUT2D eigenvalue weighted by Gasteiger charge is -2.12. The average Bonchev–Trinajstić information content (AvgIpc) is 3.25. The fraction of sp³-hybridized carbons (Fsp3) is 0.455. The zero-order valence-corrected chi connectivity index (χ0v) is 17.9. The first-order chi connectivity index (χ1) is 13.7. The van der Waals surface area contributed by atoms with E-state index in [1.807, 2.05) is 0 Å². The Morgan fingerprint density at radius 2 is 1.79 bits per heavy atom. The highest BCUT2D eigenvalue weighted by Gasteiger charge is 2.25. The molecule has 2 N–H and O–H groups in total.